The zero-order valence-electron chi connectivity index (χ0n) is 11.2. The summed E-state index contributed by atoms with van der Waals surface area (Å²) < 4.78 is 3.07. The fraction of sp³-hybridized carbons (Fsp3) is 0.214. The van der Waals surface area contributed by atoms with Crippen molar-refractivity contribution in [3.63, 3.8) is 0 Å². The minimum atomic E-state index is -0.202. The lowest BCUT2D eigenvalue weighted by Crippen LogP contribution is -2.29. The van der Waals surface area contributed by atoms with Gasteiger partial charge in [-0.15, -0.1) is 0 Å². The Hall–Kier alpha value is -2.25. The van der Waals surface area contributed by atoms with Crippen molar-refractivity contribution in [1.82, 2.24) is 19.9 Å². The molecule has 106 valence electrons. The molecule has 2 N–H and O–H groups in total. The number of anilines is 1. The van der Waals surface area contributed by atoms with Crippen molar-refractivity contribution in [2.45, 2.75) is 13.1 Å². The number of fused-ring (bicyclic) bond motifs is 2. The van der Waals surface area contributed by atoms with Crippen molar-refractivity contribution in [2.24, 2.45) is 0 Å². The molecule has 1 aromatic carbocycles. The monoisotopic (exact) mass is 299 g/mol. The highest BCUT2D eigenvalue weighted by molar-refractivity contribution is 7.22. The molecule has 0 saturated carbocycles. The zero-order chi connectivity index (χ0) is 14.2. The average molecular weight is 299 g/mol. The summed E-state index contributed by atoms with van der Waals surface area (Å²) in [5.74, 6) is -0.202. The molecule has 1 amide bonds. The third-order valence-electron chi connectivity index (χ3n) is 3.50. The van der Waals surface area contributed by atoms with E-state index in [0.717, 1.165) is 29.0 Å². The van der Waals surface area contributed by atoms with E-state index in [4.69, 9.17) is 0 Å². The second-order valence-electron chi connectivity index (χ2n) is 4.85. The Kier molecular flexibility index (Phi) is 2.94. The van der Waals surface area contributed by atoms with Gasteiger partial charge in [0.25, 0.3) is 5.91 Å². The lowest BCUT2D eigenvalue weighted by atomic mass is 10.2. The highest BCUT2D eigenvalue weighted by Crippen LogP contribution is 2.26. The summed E-state index contributed by atoms with van der Waals surface area (Å²) in [6.45, 7) is 2.42. The number of carbonyl (C=O) groups is 1. The average Bonchev–Trinajstić information content (AvgIpc) is 3.10. The number of hydrogen-bond donors (Lipinski definition) is 2. The minimum absolute atomic E-state index is 0.202. The van der Waals surface area contributed by atoms with E-state index in [0.29, 0.717) is 17.4 Å². The predicted octanol–water partition coefficient (Wildman–Crippen LogP) is 1.85. The number of aromatic nitrogens is 3. The molecule has 0 spiro atoms. The van der Waals surface area contributed by atoms with Crippen LogP contribution in [-0.4, -0.2) is 27.0 Å². The van der Waals surface area contributed by atoms with E-state index in [-0.39, 0.29) is 5.91 Å². The third-order valence-corrected chi connectivity index (χ3v) is 4.45. The van der Waals surface area contributed by atoms with Crippen LogP contribution in [0.3, 0.4) is 0 Å². The predicted molar refractivity (Wildman–Crippen MR) is 81.5 cm³/mol. The van der Waals surface area contributed by atoms with Crippen LogP contribution >= 0.6 is 11.3 Å². The van der Waals surface area contributed by atoms with Gasteiger partial charge in [0.2, 0.25) is 0 Å². The van der Waals surface area contributed by atoms with Gasteiger partial charge in [0, 0.05) is 19.6 Å². The van der Waals surface area contributed by atoms with Gasteiger partial charge >= 0.3 is 0 Å². The number of imidazole rings is 1. The lowest BCUT2D eigenvalue weighted by Gasteiger charge is -2.16. The van der Waals surface area contributed by atoms with E-state index in [1.165, 1.54) is 11.3 Å². The van der Waals surface area contributed by atoms with Crippen LogP contribution < -0.4 is 10.6 Å². The van der Waals surface area contributed by atoms with E-state index < -0.39 is 0 Å². The summed E-state index contributed by atoms with van der Waals surface area (Å²) in [6.07, 6.45) is 1.73. The normalized spacial score (nSPS) is 14.1. The molecule has 1 aliphatic rings. The van der Waals surface area contributed by atoms with Gasteiger partial charge in [0.15, 0.2) is 10.8 Å². The van der Waals surface area contributed by atoms with Crippen LogP contribution in [0, 0.1) is 0 Å². The van der Waals surface area contributed by atoms with Gasteiger partial charge in [0.1, 0.15) is 0 Å². The molecule has 0 saturated heterocycles. The Morgan fingerprint density at radius 2 is 2.29 bits per heavy atom. The summed E-state index contributed by atoms with van der Waals surface area (Å²) in [7, 11) is 0. The number of rotatable bonds is 2. The van der Waals surface area contributed by atoms with Crippen molar-refractivity contribution in [3.05, 3.63) is 42.0 Å². The molecule has 3 heterocycles. The van der Waals surface area contributed by atoms with E-state index in [9.17, 15) is 4.79 Å². The molecule has 7 heteroatoms. The largest absolute Gasteiger partial charge is 0.331 e. The number of nitrogens with zero attached hydrogens (tertiary/aromatic N) is 3. The summed E-state index contributed by atoms with van der Waals surface area (Å²) in [5, 5.41) is 6.71. The maximum Gasteiger partial charge on any atom is 0.277 e. The smallest absolute Gasteiger partial charge is 0.277 e. The second kappa shape index (κ2) is 4.94. The molecule has 0 aliphatic carbocycles. The van der Waals surface area contributed by atoms with E-state index in [1.54, 1.807) is 6.33 Å². The van der Waals surface area contributed by atoms with Gasteiger partial charge in [-0.3, -0.25) is 10.1 Å². The second-order valence-corrected chi connectivity index (χ2v) is 5.88. The maximum atomic E-state index is 12.4. The van der Waals surface area contributed by atoms with Crippen molar-refractivity contribution >= 4 is 32.6 Å². The number of thiazole rings is 1. The van der Waals surface area contributed by atoms with Crippen LogP contribution in [0.15, 0.2) is 30.6 Å². The molecule has 0 bridgehead atoms. The Morgan fingerprint density at radius 1 is 1.38 bits per heavy atom. The number of amides is 1. The van der Waals surface area contributed by atoms with Crippen molar-refractivity contribution in [3.8, 4) is 0 Å². The topological polar surface area (TPSA) is 71.8 Å². The van der Waals surface area contributed by atoms with Gasteiger partial charge in [-0.2, -0.15) is 0 Å². The first kappa shape index (κ1) is 12.5. The van der Waals surface area contributed by atoms with E-state index >= 15 is 0 Å². The number of nitrogens with one attached hydrogen (secondary N) is 2. The summed E-state index contributed by atoms with van der Waals surface area (Å²) >= 11 is 1.47. The first-order valence-corrected chi connectivity index (χ1v) is 7.54. The Labute approximate surface area is 124 Å². The highest BCUT2D eigenvalue weighted by Gasteiger charge is 2.20. The maximum absolute atomic E-state index is 12.4. The molecule has 21 heavy (non-hydrogen) atoms. The molecule has 0 atom stereocenters. The summed E-state index contributed by atoms with van der Waals surface area (Å²) in [6, 6.07) is 7.82. The molecule has 6 nitrogen and oxygen atoms in total. The molecular weight excluding hydrogens is 286 g/mol. The fourth-order valence-electron chi connectivity index (χ4n) is 2.46. The molecule has 0 unspecified atom stereocenters. The van der Waals surface area contributed by atoms with Crippen LogP contribution in [0.2, 0.25) is 0 Å². The SMILES string of the molecule is O=C(Nc1nc2ccccc2s1)c1ncn2c1CNCC2. The fourth-order valence-corrected chi connectivity index (χ4v) is 3.32. The third kappa shape index (κ3) is 2.20. The Balaban J connectivity index is 1.62. The molecular formula is C14H13N5OS. The van der Waals surface area contributed by atoms with Crippen molar-refractivity contribution < 1.29 is 4.79 Å². The summed E-state index contributed by atoms with van der Waals surface area (Å²) in [4.78, 5) is 21.0. The number of hydrogen-bond acceptors (Lipinski definition) is 5. The van der Waals surface area contributed by atoms with E-state index in [1.807, 2.05) is 28.8 Å². The quantitative estimate of drug-likeness (QED) is 0.757. The molecule has 4 rings (SSSR count). The molecule has 1 aliphatic heterocycles. The molecule has 3 aromatic rings. The highest BCUT2D eigenvalue weighted by atomic mass is 32.1. The molecule has 2 aromatic heterocycles. The minimum Gasteiger partial charge on any atom is -0.331 e. The van der Waals surface area contributed by atoms with Gasteiger partial charge < -0.3 is 9.88 Å². The first-order valence-electron chi connectivity index (χ1n) is 6.73. The summed E-state index contributed by atoms with van der Waals surface area (Å²) in [5.41, 5.74) is 2.30. The van der Waals surface area contributed by atoms with Crippen LogP contribution in [0.5, 0.6) is 0 Å². The number of para-hydroxylation sites is 1. The molecule has 0 fully saturated rings. The van der Waals surface area contributed by atoms with Crippen LogP contribution in [0.4, 0.5) is 5.13 Å². The van der Waals surface area contributed by atoms with Crippen LogP contribution in [0.1, 0.15) is 16.2 Å². The van der Waals surface area contributed by atoms with Crippen LogP contribution in [-0.2, 0) is 13.1 Å². The lowest BCUT2D eigenvalue weighted by molar-refractivity contribution is 0.102. The van der Waals surface area contributed by atoms with Crippen molar-refractivity contribution in [1.29, 1.82) is 0 Å². The van der Waals surface area contributed by atoms with Gasteiger partial charge in [-0.25, -0.2) is 9.97 Å². The standard InChI is InChI=1S/C14H13N5OS/c20-13(12-10-7-15-5-6-19(10)8-16-12)18-14-17-9-3-1-2-4-11(9)21-14/h1-4,8,15H,5-7H2,(H,17,18,20). The van der Waals surface area contributed by atoms with Gasteiger partial charge in [-0.05, 0) is 12.1 Å². The van der Waals surface area contributed by atoms with Crippen LogP contribution in [0.25, 0.3) is 10.2 Å². The van der Waals surface area contributed by atoms with E-state index in [2.05, 4.69) is 20.6 Å². The van der Waals surface area contributed by atoms with Crippen molar-refractivity contribution in [2.75, 3.05) is 11.9 Å². The number of carbonyl (C=O) groups excluding carboxylic acids is 1. The first-order chi connectivity index (χ1) is 10.3. The number of benzene rings is 1. The zero-order valence-corrected chi connectivity index (χ0v) is 12.0. The van der Waals surface area contributed by atoms with Gasteiger partial charge in [-0.1, -0.05) is 23.5 Å². The Morgan fingerprint density at radius 3 is 3.19 bits per heavy atom. The Bertz CT molecular complexity index is 789. The molecule has 0 radical (unpaired) electrons. The van der Waals surface area contributed by atoms with Gasteiger partial charge in [0.05, 0.1) is 22.2 Å².